The van der Waals surface area contributed by atoms with Crippen LogP contribution in [0.1, 0.15) is 10.4 Å². The number of benzene rings is 2. The second-order valence-electron chi connectivity index (χ2n) is 8.16. The Hall–Kier alpha value is -3.45. The molecular formula is C25H28N4O3. The van der Waals surface area contributed by atoms with Crippen LogP contribution in [0.4, 0.5) is 0 Å². The highest BCUT2D eigenvalue weighted by Crippen LogP contribution is 2.27. The summed E-state index contributed by atoms with van der Waals surface area (Å²) in [5, 5.41) is 0.847. The van der Waals surface area contributed by atoms with Crippen molar-refractivity contribution in [1.82, 2.24) is 19.7 Å². The van der Waals surface area contributed by atoms with Crippen LogP contribution in [-0.2, 0) is 4.79 Å². The summed E-state index contributed by atoms with van der Waals surface area (Å²) in [5.74, 6) is 0.849. The van der Waals surface area contributed by atoms with Gasteiger partial charge in [0.1, 0.15) is 5.75 Å². The first kappa shape index (κ1) is 21.8. The molecule has 2 heterocycles. The van der Waals surface area contributed by atoms with Gasteiger partial charge in [-0.05, 0) is 36.4 Å². The van der Waals surface area contributed by atoms with Gasteiger partial charge in [-0.25, -0.2) is 4.98 Å². The van der Waals surface area contributed by atoms with Crippen LogP contribution in [0.3, 0.4) is 0 Å². The quantitative estimate of drug-likeness (QED) is 0.620. The monoisotopic (exact) mass is 432 g/mol. The molecule has 1 fully saturated rings. The van der Waals surface area contributed by atoms with Gasteiger partial charge in [-0.2, -0.15) is 0 Å². The second-order valence-corrected chi connectivity index (χ2v) is 8.16. The lowest BCUT2D eigenvalue weighted by Crippen LogP contribution is -2.51. The smallest absolute Gasteiger partial charge is 0.254 e. The Morgan fingerprint density at radius 1 is 1.00 bits per heavy atom. The number of likely N-dealkylation sites (N-methyl/N-ethyl adjacent to an activating group) is 1. The summed E-state index contributed by atoms with van der Waals surface area (Å²) in [5.41, 5.74) is 3.13. The van der Waals surface area contributed by atoms with E-state index in [0.717, 1.165) is 27.9 Å². The van der Waals surface area contributed by atoms with E-state index in [9.17, 15) is 9.59 Å². The minimum atomic E-state index is -0.00283. The van der Waals surface area contributed by atoms with E-state index in [1.807, 2.05) is 59.5 Å². The van der Waals surface area contributed by atoms with Crippen molar-refractivity contribution in [2.45, 2.75) is 0 Å². The maximum Gasteiger partial charge on any atom is 0.254 e. The van der Waals surface area contributed by atoms with Gasteiger partial charge >= 0.3 is 0 Å². The van der Waals surface area contributed by atoms with Gasteiger partial charge in [0.2, 0.25) is 5.91 Å². The molecule has 0 saturated carbocycles. The molecule has 1 aromatic heterocycles. The summed E-state index contributed by atoms with van der Waals surface area (Å²) in [6.45, 7) is 2.93. The van der Waals surface area contributed by atoms with Crippen molar-refractivity contribution in [1.29, 1.82) is 0 Å². The highest BCUT2D eigenvalue weighted by atomic mass is 16.5. The number of aromatic nitrogens is 1. The van der Waals surface area contributed by atoms with Gasteiger partial charge in [-0.3, -0.25) is 14.5 Å². The van der Waals surface area contributed by atoms with Crippen molar-refractivity contribution < 1.29 is 14.3 Å². The van der Waals surface area contributed by atoms with Crippen molar-refractivity contribution in [2.75, 3.05) is 53.9 Å². The normalized spacial score (nSPS) is 14.4. The lowest BCUT2D eigenvalue weighted by atomic mass is 10.0. The number of piperazine rings is 1. The van der Waals surface area contributed by atoms with Crippen LogP contribution in [0.5, 0.6) is 5.75 Å². The number of nitrogens with zero attached hydrogens (tertiary/aromatic N) is 4. The number of pyridine rings is 1. The Morgan fingerprint density at radius 2 is 1.69 bits per heavy atom. The molecule has 0 aliphatic carbocycles. The van der Waals surface area contributed by atoms with Gasteiger partial charge in [0, 0.05) is 51.2 Å². The molecule has 7 nitrogen and oxygen atoms in total. The fourth-order valence-corrected chi connectivity index (χ4v) is 3.87. The molecule has 0 unspecified atom stereocenters. The van der Waals surface area contributed by atoms with Crippen LogP contribution in [0, 0.1) is 0 Å². The van der Waals surface area contributed by atoms with Gasteiger partial charge < -0.3 is 14.5 Å². The average Bonchev–Trinajstić information content (AvgIpc) is 2.83. The van der Waals surface area contributed by atoms with Gasteiger partial charge in [-0.15, -0.1) is 0 Å². The molecule has 3 aromatic rings. The molecular weight excluding hydrogens is 404 g/mol. The average molecular weight is 433 g/mol. The van der Waals surface area contributed by atoms with Gasteiger partial charge in [-0.1, -0.05) is 18.2 Å². The van der Waals surface area contributed by atoms with Crippen LogP contribution in [0.15, 0.2) is 54.6 Å². The Morgan fingerprint density at radius 3 is 2.34 bits per heavy atom. The van der Waals surface area contributed by atoms with Crippen LogP contribution >= 0.6 is 0 Å². The summed E-state index contributed by atoms with van der Waals surface area (Å²) in [6, 6.07) is 17.3. The van der Waals surface area contributed by atoms with Crippen molar-refractivity contribution >= 4 is 22.7 Å². The molecule has 0 spiro atoms. The zero-order valence-corrected chi connectivity index (χ0v) is 18.7. The first-order valence-corrected chi connectivity index (χ1v) is 10.7. The van der Waals surface area contributed by atoms with Crippen molar-refractivity contribution in [3.63, 3.8) is 0 Å². The maximum absolute atomic E-state index is 13.5. The van der Waals surface area contributed by atoms with Crippen LogP contribution < -0.4 is 4.74 Å². The predicted molar refractivity (Wildman–Crippen MR) is 125 cm³/mol. The highest BCUT2D eigenvalue weighted by Gasteiger charge is 2.25. The van der Waals surface area contributed by atoms with Gasteiger partial charge in [0.25, 0.3) is 5.91 Å². The summed E-state index contributed by atoms with van der Waals surface area (Å²) in [7, 11) is 5.16. The molecule has 166 valence electrons. The summed E-state index contributed by atoms with van der Waals surface area (Å²) in [6.07, 6.45) is 0. The molecule has 1 saturated heterocycles. The zero-order chi connectivity index (χ0) is 22.7. The van der Waals surface area contributed by atoms with E-state index < -0.39 is 0 Å². The number of rotatable bonds is 5. The number of hydrogen-bond donors (Lipinski definition) is 0. The molecule has 1 aliphatic rings. The van der Waals surface area contributed by atoms with Crippen LogP contribution in [0.25, 0.3) is 22.2 Å². The largest absolute Gasteiger partial charge is 0.497 e. The number of ether oxygens (including phenoxy) is 1. The Bertz CT molecular complexity index is 1120. The number of fused-ring (bicyclic) bond motifs is 1. The van der Waals surface area contributed by atoms with Crippen molar-refractivity contribution in [2.24, 2.45) is 0 Å². The van der Waals surface area contributed by atoms with Crippen LogP contribution in [0.2, 0.25) is 0 Å². The Labute approximate surface area is 188 Å². The standard InChI is InChI=1S/C25H28N4O3/c1-27(2)24(30)17-28-12-14-29(15-13-28)25(31)21-16-23(18-8-10-19(32-3)11-9-18)26-22-7-5-4-6-20(21)22/h4-11,16H,12-15,17H2,1-3H3. The van der Waals surface area contributed by atoms with Gasteiger partial charge in [0.15, 0.2) is 0 Å². The SMILES string of the molecule is COc1ccc(-c2cc(C(=O)N3CCN(CC(=O)N(C)C)CC3)c3ccccc3n2)cc1. The molecule has 4 rings (SSSR count). The lowest BCUT2D eigenvalue weighted by Gasteiger charge is -2.35. The first-order chi connectivity index (χ1) is 15.5. The molecule has 32 heavy (non-hydrogen) atoms. The number of carbonyl (C=O) groups excluding carboxylic acids is 2. The van der Waals surface area contributed by atoms with E-state index in [-0.39, 0.29) is 11.8 Å². The third-order valence-corrected chi connectivity index (χ3v) is 5.85. The summed E-state index contributed by atoms with van der Waals surface area (Å²) in [4.78, 5) is 35.9. The van der Waals surface area contributed by atoms with E-state index in [0.29, 0.717) is 38.3 Å². The number of para-hydroxylation sites is 1. The van der Waals surface area contributed by atoms with E-state index in [1.54, 1.807) is 26.1 Å². The van der Waals surface area contributed by atoms with E-state index in [4.69, 9.17) is 9.72 Å². The Kier molecular flexibility index (Phi) is 6.37. The van der Waals surface area contributed by atoms with E-state index in [1.165, 1.54) is 0 Å². The fraction of sp³-hybridized carbons (Fsp3) is 0.320. The third kappa shape index (κ3) is 4.57. The molecule has 2 amide bonds. The lowest BCUT2D eigenvalue weighted by molar-refractivity contribution is -0.130. The Balaban J connectivity index is 1.59. The zero-order valence-electron chi connectivity index (χ0n) is 18.7. The van der Waals surface area contributed by atoms with E-state index in [2.05, 4.69) is 4.90 Å². The summed E-state index contributed by atoms with van der Waals surface area (Å²) < 4.78 is 5.25. The molecule has 7 heteroatoms. The van der Waals surface area contributed by atoms with Crippen molar-refractivity contribution in [3.8, 4) is 17.0 Å². The maximum atomic E-state index is 13.5. The van der Waals surface area contributed by atoms with Crippen molar-refractivity contribution in [3.05, 3.63) is 60.2 Å². The molecule has 0 N–H and O–H groups in total. The molecule has 0 bridgehead atoms. The molecule has 1 aliphatic heterocycles. The third-order valence-electron chi connectivity index (χ3n) is 5.85. The van der Waals surface area contributed by atoms with E-state index >= 15 is 0 Å². The molecule has 2 aromatic carbocycles. The minimum Gasteiger partial charge on any atom is -0.497 e. The number of amides is 2. The second kappa shape index (κ2) is 9.36. The molecule has 0 atom stereocenters. The summed E-state index contributed by atoms with van der Waals surface area (Å²) >= 11 is 0. The fourth-order valence-electron chi connectivity index (χ4n) is 3.87. The van der Waals surface area contributed by atoms with Crippen LogP contribution in [-0.4, -0.2) is 85.4 Å². The highest BCUT2D eigenvalue weighted by molar-refractivity contribution is 6.07. The first-order valence-electron chi connectivity index (χ1n) is 10.7. The minimum absolute atomic E-state index is 0.00283. The predicted octanol–water partition coefficient (Wildman–Crippen LogP) is 2.76. The number of carbonyl (C=O) groups is 2. The molecule has 0 radical (unpaired) electrons. The van der Waals surface area contributed by atoms with Gasteiger partial charge in [0.05, 0.1) is 30.4 Å². The number of methoxy groups -OCH3 is 1. The topological polar surface area (TPSA) is 66.0 Å². The number of hydrogen-bond acceptors (Lipinski definition) is 5.